The van der Waals surface area contributed by atoms with Gasteiger partial charge in [-0.25, -0.2) is 0 Å². The molecular weight excluding hydrogens is 262 g/mol. The van der Waals surface area contributed by atoms with Gasteiger partial charge < -0.3 is 10.1 Å². The van der Waals surface area contributed by atoms with E-state index in [0.717, 1.165) is 22.6 Å². The standard InChI is InChI=1S/C18H21NO2/c1-12-9-10-16(11-14(12)3)19-18(20)15(4)21-17-8-6-5-7-13(17)2/h5-11,15H,1-4H3,(H,19,20). The van der Waals surface area contributed by atoms with Gasteiger partial charge in [-0.3, -0.25) is 4.79 Å². The number of carbonyl (C=O) groups is 1. The number of nitrogens with one attached hydrogen (secondary N) is 1. The van der Waals surface area contributed by atoms with Crippen LogP contribution in [-0.4, -0.2) is 12.0 Å². The quantitative estimate of drug-likeness (QED) is 0.920. The number of carbonyl (C=O) groups excluding carboxylic acids is 1. The second-order valence-corrected chi connectivity index (χ2v) is 5.31. The molecule has 2 aromatic carbocycles. The van der Waals surface area contributed by atoms with Crippen molar-refractivity contribution in [2.24, 2.45) is 0 Å². The first-order valence-electron chi connectivity index (χ1n) is 7.08. The lowest BCUT2D eigenvalue weighted by atomic mass is 10.1. The molecule has 3 heteroatoms. The third kappa shape index (κ3) is 3.85. The Morgan fingerprint density at radius 3 is 2.38 bits per heavy atom. The van der Waals surface area contributed by atoms with Crippen LogP contribution in [0.4, 0.5) is 5.69 Å². The lowest BCUT2D eigenvalue weighted by Gasteiger charge is -2.16. The number of hydrogen-bond donors (Lipinski definition) is 1. The number of hydrogen-bond acceptors (Lipinski definition) is 2. The Kier molecular flexibility index (Phi) is 4.63. The molecule has 3 nitrogen and oxygen atoms in total. The van der Waals surface area contributed by atoms with E-state index in [9.17, 15) is 4.79 Å². The average Bonchev–Trinajstić information content (AvgIpc) is 2.45. The second kappa shape index (κ2) is 6.44. The van der Waals surface area contributed by atoms with Crippen LogP contribution in [0.1, 0.15) is 23.6 Å². The highest BCUT2D eigenvalue weighted by molar-refractivity contribution is 5.94. The number of rotatable bonds is 4. The molecule has 1 N–H and O–H groups in total. The number of benzene rings is 2. The molecule has 0 fully saturated rings. The SMILES string of the molecule is Cc1ccc(NC(=O)C(C)Oc2ccccc2C)cc1C. The van der Waals surface area contributed by atoms with Crippen LogP contribution in [0.3, 0.4) is 0 Å². The monoisotopic (exact) mass is 283 g/mol. The van der Waals surface area contributed by atoms with Crippen LogP contribution >= 0.6 is 0 Å². The average molecular weight is 283 g/mol. The maximum atomic E-state index is 12.2. The molecule has 2 rings (SSSR count). The summed E-state index contributed by atoms with van der Waals surface area (Å²) in [5, 5.41) is 2.89. The van der Waals surface area contributed by atoms with Crippen LogP contribution in [0.15, 0.2) is 42.5 Å². The number of amides is 1. The van der Waals surface area contributed by atoms with E-state index in [1.807, 2.05) is 63.2 Å². The van der Waals surface area contributed by atoms with Crippen LogP contribution in [0.2, 0.25) is 0 Å². The van der Waals surface area contributed by atoms with E-state index in [2.05, 4.69) is 5.32 Å². The van der Waals surface area contributed by atoms with E-state index < -0.39 is 6.10 Å². The van der Waals surface area contributed by atoms with E-state index >= 15 is 0 Å². The van der Waals surface area contributed by atoms with E-state index in [1.165, 1.54) is 5.56 Å². The van der Waals surface area contributed by atoms with Gasteiger partial charge in [0.15, 0.2) is 6.10 Å². The van der Waals surface area contributed by atoms with Gasteiger partial charge in [0.2, 0.25) is 0 Å². The maximum absolute atomic E-state index is 12.2. The Balaban J connectivity index is 2.02. The van der Waals surface area contributed by atoms with Crippen LogP contribution in [-0.2, 0) is 4.79 Å². The van der Waals surface area contributed by atoms with Crippen LogP contribution in [0.25, 0.3) is 0 Å². The van der Waals surface area contributed by atoms with Gasteiger partial charge in [-0.1, -0.05) is 24.3 Å². The third-order valence-electron chi connectivity index (χ3n) is 3.54. The van der Waals surface area contributed by atoms with Gasteiger partial charge in [0.1, 0.15) is 5.75 Å². The van der Waals surface area contributed by atoms with Gasteiger partial charge in [-0.15, -0.1) is 0 Å². The minimum absolute atomic E-state index is 0.151. The minimum Gasteiger partial charge on any atom is -0.481 e. The van der Waals surface area contributed by atoms with Crippen LogP contribution in [0, 0.1) is 20.8 Å². The first-order chi connectivity index (χ1) is 9.97. The van der Waals surface area contributed by atoms with Gasteiger partial charge in [0.25, 0.3) is 5.91 Å². The molecule has 0 saturated heterocycles. The van der Waals surface area contributed by atoms with Crippen molar-refractivity contribution in [2.45, 2.75) is 33.8 Å². The van der Waals surface area contributed by atoms with Gasteiger partial charge in [-0.05, 0) is 62.6 Å². The maximum Gasteiger partial charge on any atom is 0.265 e. The van der Waals surface area contributed by atoms with Gasteiger partial charge in [-0.2, -0.15) is 0 Å². The molecule has 110 valence electrons. The first kappa shape index (κ1) is 15.1. The molecule has 1 atom stereocenters. The molecule has 1 unspecified atom stereocenters. The zero-order chi connectivity index (χ0) is 15.4. The van der Waals surface area contributed by atoms with Crippen molar-refractivity contribution in [3.05, 3.63) is 59.2 Å². The summed E-state index contributed by atoms with van der Waals surface area (Å²) in [5.41, 5.74) is 4.17. The van der Waals surface area contributed by atoms with Crippen molar-refractivity contribution in [1.82, 2.24) is 0 Å². The predicted octanol–water partition coefficient (Wildman–Crippen LogP) is 4.02. The van der Waals surface area contributed by atoms with Crippen molar-refractivity contribution in [2.75, 3.05) is 5.32 Å². The van der Waals surface area contributed by atoms with Crippen LogP contribution < -0.4 is 10.1 Å². The van der Waals surface area contributed by atoms with Crippen LogP contribution in [0.5, 0.6) is 5.75 Å². The van der Waals surface area contributed by atoms with E-state index in [1.54, 1.807) is 6.92 Å². The molecule has 0 saturated carbocycles. The molecule has 2 aromatic rings. The number of ether oxygens (including phenoxy) is 1. The molecule has 1 amide bonds. The Hall–Kier alpha value is -2.29. The van der Waals surface area contributed by atoms with E-state index in [-0.39, 0.29) is 5.91 Å². The lowest BCUT2D eigenvalue weighted by molar-refractivity contribution is -0.122. The highest BCUT2D eigenvalue weighted by atomic mass is 16.5. The summed E-state index contributed by atoms with van der Waals surface area (Å²) in [7, 11) is 0. The highest BCUT2D eigenvalue weighted by Gasteiger charge is 2.15. The second-order valence-electron chi connectivity index (χ2n) is 5.31. The van der Waals surface area contributed by atoms with E-state index in [0.29, 0.717) is 0 Å². The van der Waals surface area contributed by atoms with Gasteiger partial charge in [0, 0.05) is 5.69 Å². The molecular formula is C18H21NO2. The number of anilines is 1. The Labute approximate surface area is 126 Å². The molecule has 0 aliphatic heterocycles. The lowest BCUT2D eigenvalue weighted by Crippen LogP contribution is -2.30. The fraction of sp³-hybridized carbons (Fsp3) is 0.278. The normalized spacial score (nSPS) is 11.8. The molecule has 0 heterocycles. The molecule has 0 spiro atoms. The number of aryl methyl sites for hydroxylation is 3. The molecule has 0 bridgehead atoms. The number of para-hydroxylation sites is 1. The molecule has 21 heavy (non-hydrogen) atoms. The third-order valence-corrected chi connectivity index (χ3v) is 3.54. The molecule has 0 aliphatic carbocycles. The first-order valence-corrected chi connectivity index (χ1v) is 7.08. The molecule has 0 aliphatic rings. The van der Waals surface area contributed by atoms with E-state index in [4.69, 9.17) is 4.74 Å². The van der Waals surface area contributed by atoms with Crippen molar-refractivity contribution in [3.63, 3.8) is 0 Å². The predicted molar refractivity (Wildman–Crippen MR) is 85.8 cm³/mol. The molecule has 0 radical (unpaired) electrons. The van der Waals surface area contributed by atoms with Gasteiger partial charge in [0.05, 0.1) is 0 Å². The fourth-order valence-electron chi connectivity index (χ4n) is 2.00. The summed E-state index contributed by atoms with van der Waals surface area (Å²) in [6.07, 6.45) is -0.548. The van der Waals surface area contributed by atoms with Crippen molar-refractivity contribution < 1.29 is 9.53 Å². The highest BCUT2D eigenvalue weighted by Crippen LogP contribution is 2.19. The summed E-state index contributed by atoms with van der Waals surface area (Å²) in [6, 6.07) is 13.5. The zero-order valence-corrected chi connectivity index (χ0v) is 12.9. The van der Waals surface area contributed by atoms with Crippen molar-refractivity contribution >= 4 is 11.6 Å². The smallest absolute Gasteiger partial charge is 0.265 e. The Morgan fingerprint density at radius 2 is 1.71 bits per heavy atom. The summed E-state index contributed by atoms with van der Waals surface area (Å²) in [4.78, 5) is 12.2. The zero-order valence-electron chi connectivity index (χ0n) is 12.9. The van der Waals surface area contributed by atoms with Gasteiger partial charge >= 0.3 is 0 Å². The molecule has 0 aromatic heterocycles. The minimum atomic E-state index is -0.548. The van der Waals surface area contributed by atoms with Crippen molar-refractivity contribution in [3.8, 4) is 5.75 Å². The Bertz CT molecular complexity index is 649. The topological polar surface area (TPSA) is 38.3 Å². The van der Waals surface area contributed by atoms with Crippen molar-refractivity contribution in [1.29, 1.82) is 0 Å². The summed E-state index contributed by atoms with van der Waals surface area (Å²) in [5.74, 6) is 0.585. The fourth-order valence-corrected chi connectivity index (χ4v) is 2.00. The summed E-state index contributed by atoms with van der Waals surface area (Å²) < 4.78 is 5.72. The Morgan fingerprint density at radius 1 is 1.00 bits per heavy atom. The summed E-state index contributed by atoms with van der Waals surface area (Å²) in [6.45, 7) is 7.79. The largest absolute Gasteiger partial charge is 0.481 e. The summed E-state index contributed by atoms with van der Waals surface area (Å²) >= 11 is 0.